The number of carboxylic acids is 1. The molecule has 0 aromatic heterocycles. The molecule has 1 aliphatic heterocycles. The molecule has 0 radical (unpaired) electrons. The quantitative estimate of drug-likeness (QED) is 0.702. The van der Waals surface area contributed by atoms with E-state index in [-0.39, 0.29) is 35.7 Å². The summed E-state index contributed by atoms with van der Waals surface area (Å²) < 4.78 is 48.3. The van der Waals surface area contributed by atoms with Crippen molar-refractivity contribution in [1.82, 2.24) is 4.31 Å². The third-order valence-corrected chi connectivity index (χ3v) is 6.42. The molecule has 1 aliphatic rings. The number of hydrogen-bond donors (Lipinski definition) is 1. The molecule has 22 heavy (non-hydrogen) atoms. The zero-order valence-electron chi connectivity index (χ0n) is 11.5. The molecule has 0 atom stereocenters. The Labute approximate surface area is 128 Å². The fraction of sp³-hybridized carbons (Fsp3) is 0.417. The van der Waals surface area contributed by atoms with Crippen LogP contribution in [0.4, 0.5) is 0 Å². The van der Waals surface area contributed by atoms with Gasteiger partial charge in [0.2, 0.25) is 20.0 Å². The number of piperidine rings is 1. The van der Waals surface area contributed by atoms with Crippen LogP contribution in [0.25, 0.3) is 0 Å². The van der Waals surface area contributed by atoms with E-state index in [1.165, 1.54) is 16.4 Å². The Hall–Kier alpha value is -1.49. The molecule has 1 saturated heterocycles. The smallest absolute Gasteiger partial charge is 0.243 e. The zero-order chi connectivity index (χ0) is 16.5. The number of hydrogen-bond acceptors (Lipinski definition) is 6. The van der Waals surface area contributed by atoms with Crippen molar-refractivity contribution in [3.8, 4) is 0 Å². The van der Waals surface area contributed by atoms with Crippen LogP contribution in [0.3, 0.4) is 0 Å². The van der Waals surface area contributed by atoms with Crippen molar-refractivity contribution >= 4 is 26.0 Å². The first kappa shape index (κ1) is 16.9. The second-order valence-corrected chi connectivity index (χ2v) is 8.51. The van der Waals surface area contributed by atoms with Gasteiger partial charge in [0.05, 0.1) is 9.79 Å². The van der Waals surface area contributed by atoms with Crippen molar-refractivity contribution in [2.75, 3.05) is 13.1 Å². The van der Waals surface area contributed by atoms with E-state index in [1.54, 1.807) is 0 Å². The van der Waals surface area contributed by atoms with Crippen LogP contribution in [-0.4, -0.2) is 40.2 Å². The summed E-state index contributed by atoms with van der Waals surface area (Å²) >= 11 is 0. The Morgan fingerprint density at radius 3 is 1.91 bits per heavy atom. The van der Waals surface area contributed by atoms with Gasteiger partial charge in [0.15, 0.2) is 0 Å². The van der Waals surface area contributed by atoms with Gasteiger partial charge in [-0.15, -0.1) is 0 Å². The standard InChI is InChI=1S/C12H16N2O6S2/c13-21(17,18)10-1-3-11(4-2-10)22(19,20)14-7-5-9(6-8-14)12(15)16/h1-4,9H,5-8H2,(H,15,16)(H2,13,17,18)/p-1. The van der Waals surface area contributed by atoms with E-state index < -0.39 is 31.9 Å². The van der Waals surface area contributed by atoms with Crippen LogP contribution in [0, 0.1) is 5.92 Å². The lowest BCUT2D eigenvalue weighted by molar-refractivity contribution is -0.312. The molecule has 10 heteroatoms. The Morgan fingerprint density at radius 1 is 1.05 bits per heavy atom. The minimum absolute atomic E-state index is 0.0631. The lowest BCUT2D eigenvalue weighted by Crippen LogP contribution is -2.43. The predicted octanol–water partition coefficient (Wildman–Crippen LogP) is -1.52. The molecule has 2 rings (SSSR count). The van der Waals surface area contributed by atoms with Crippen LogP contribution in [-0.2, 0) is 24.8 Å². The average Bonchev–Trinajstić information content (AvgIpc) is 2.46. The highest BCUT2D eigenvalue weighted by atomic mass is 32.2. The number of rotatable bonds is 4. The summed E-state index contributed by atoms with van der Waals surface area (Å²) in [7, 11) is -7.68. The van der Waals surface area contributed by atoms with Crippen molar-refractivity contribution in [3.05, 3.63) is 24.3 Å². The van der Waals surface area contributed by atoms with Crippen molar-refractivity contribution in [2.45, 2.75) is 22.6 Å². The highest BCUT2D eigenvalue weighted by Crippen LogP contribution is 2.24. The van der Waals surface area contributed by atoms with Crippen LogP contribution in [0.1, 0.15) is 12.8 Å². The predicted molar refractivity (Wildman–Crippen MR) is 74.3 cm³/mol. The zero-order valence-corrected chi connectivity index (χ0v) is 13.1. The largest absolute Gasteiger partial charge is 0.550 e. The lowest BCUT2D eigenvalue weighted by atomic mass is 9.99. The first-order valence-electron chi connectivity index (χ1n) is 6.46. The second-order valence-electron chi connectivity index (χ2n) is 5.01. The lowest BCUT2D eigenvalue weighted by Gasteiger charge is -2.31. The van der Waals surface area contributed by atoms with Crippen LogP contribution in [0.5, 0.6) is 0 Å². The van der Waals surface area contributed by atoms with Crippen LogP contribution >= 0.6 is 0 Å². The van der Waals surface area contributed by atoms with Crippen molar-refractivity contribution in [2.24, 2.45) is 11.1 Å². The number of primary sulfonamides is 1. The van der Waals surface area contributed by atoms with E-state index in [0.717, 1.165) is 12.1 Å². The van der Waals surface area contributed by atoms with Gasteiger partial charge in [-0.2, -0.15) is 4.31 Å². The molecule has 0 amide bonds. The number of aliphatic carboxylic acids is 1. The molecule has 2 N–H and O–H groups in total. The molecular weight excluding hydrogens is 332 g/mol. The molecule has 122 valence electrons. The second kappa shape index (κ2) is 5.95. The number of nitrogens with two attached hydrogens (primary N) is 1. The Bertz CT molecular complexity index is 762. The van der Waals surface area contributed by atoms with Gasteiger partial charge in [0.1, 0.15) is 0 Å². The van der Waals surface area contributed by atoms with Gasteiger partial charge in [0, 0.05) is 25.0 Å². The van der Waals surface area contributed by atoms with Gasteiger partial charge >= 0.3 is 0 Å². The van der Waals surface area contributed by atoms with E-state index in [2.05, 4.69) is 0 Å². The summed E-state index contributed by atoms with van der Waals surface area (Å²) in [4.78, 5) is 10.5. The number of carbonyl (C=O) groups is 1. The molecule has 0 aliphatic carbocycles. The number of nitrogens with zero attached hydrogens (tertiary/aromatic N) is 1. The van der Waals surface area contributed by atoms with Gasteiger partial charge in [-0.25, -0.2) is 22.0 Å². The Morgan fingerprint density at radius 2 is 1.50 bits per heavy atom. The van der Waals surface area contributed by atoms with E-state index in [4.69, 9.17) is 5.14 Å². The first-order valence-corrected chi connectivity index (χ1v) is 9.45. The molecule has 1 aromatic carbocycles. The van der Waals surface area contributed by atoms with Gasteiger partial charge in [-0.1, -0.05) is 0 Å². The number of carboxylic acid groups (broad SMARTS) is 1. The molecule has 1 aromatic rings. The number of sulfonamides is 2. The number of benzene rings is 1. The Kier molecular flexibility index (Phi) is 4.57. The highest BCUT2D eigenvalue weighted by Gasteiger charge is 2.29. The molecule has 0 bridgehead atoms. The third kappa shape index (κ3) is 3.46. The molecule has 0 unspecified atom stereocenters. The van der Waals surface area contributed by atoms with Crippen molar-refractivity contribution < 1.29 is 26.7 Å². The van der Waals surface area contributed by atoms with E-state index in [0.29, 0.717) is 0 Å². The minimum atomic E-state index is -3.89. The average molecular weight is 347 g/mol. The van der Waals surface area contributed by atoms with E-state index in [9.17, 15) is 26.7 Å². The van der Waals surface area contributed by atoms with Gasteiger partial charge < -0.3 is 9.90 Å². The molecule has 0 saturated carbocycles. The molecule has 0 spiro atoms. The highest BCUT2D eigenvalue weighted by molar-refractivity contribution is 7.89. The van der Waals surface area contributed by atoms with Crippen LogP contribution in [0.15, 0.2) is 34.1 Å². The summed E-state index contributed by atoms with van der Waals surface area (Å²) in [6.07, 6.45) is 0.383. The maximum Gasteiger partial charge on any atom is 0.243 e. The molecule has 1 heterocycles. The topological polar surface area (TPSA) is 138 Å². The normalized spacial score (nSPS) is 18.2. The SMILES string of the molecule is NS(=O)(=O)c1ccc(S(=O)(=O)N2CCC(C(=O)[O-])CC2)cc1. The van der Waals surface area contributed by atoms with Crippen molar-refractivity contribution in [1.29, 1.82) is 0 Å². The number of carbonyl (C=O) groups excluding carboxylic acids is 1. The minimum Gasteiger partial charge on any atom is -0.550 e. The van der Waals surface area contributed by atoms with Gasteiger partial charge in [0.25, 0.3) is 0 Å². The molecular formula is C12H15N2O6S2-. The summed E-state index contributed by atoms with van der Waals surface area (Å²) in [5.74, 6) is -1.81. The fourth-order valence-electron chi connectivity index (χ4n) is 2.28. The van der Waals surface area contributed by atoms with Crippen LogP contribution < -0.4 is 10.2 Å². The monoisotopic (exact) mass is 347 g/mol. The van der Waals surface area contributed by atoms with E-state index in [1.807, 2.05) is 0 Å². The fourth-order valence-corrected chi connectivity index (χ4v) is 4.27. The third-order valence-electron chi connectivity index (χ3n) is 3.58. The maximum absolute atomic E-state index is 12.4. The Balaban J connectivity index is 2.19. The first-order chi connectivity index (χ1) is 10.1. The van der Waals surface area contributed by atoms with Gasteiger partial charge in [-0.3, -0.25) is 0 Å². The summed E-state index contributed by atoms with van der Waals surface area (Å²) in [5, 5.41) is 15.7. The summed E-state index contributed by atoms with van der Waals surface area (Å²) in [6, 6.07) is 4.58. The summed E-state index contributed by atoms with van der Waals surface area (Å²) in [5.41, 5.74) is 0. The van der Waals surface area contributed by atoms with Crippen molar-refractivity contribution in [3.63, 3.8) is 0 Å². The van der Waals surface area contributed by atoms with Crippen LogP contribution in [0.2, 0.25) is 0 Å². The maximum atomic E-state index is 12.4. The summed E-state index contributed by atoms with van der Waals surface area (Å²) in [6.45, 7) is 0.163. The van der Waals surface area contributed by atoms with E-state index >= 15 is 0 Å². The molecule has 1 fully saturated rings. The molecule has 8 nitrogen and oxygen atoms in total. The van der Waals surface area contributed by atoms with Gasteiger partial charge in [-0.05, 0) is 37.1 Å².